The van der Waals surface area contributed by atoms with Crippen LogP contribution < -0.4 is 5.32 Å². The van der Waals surface area contributed by atoms with Crippen LogP contribution in [0.1, 0.15) is 36.4 Å². The van der Waals surface area contributed by atoms with Gasteiger partial charge in [-0.3, -0.25) is 4.79 Å². The van der Waals surface area contributed by atoms with Gasteiger partial charge in [-0.1, -0.05) is 26.0 Å². The summed E-state index contributed by atoms with van der Waals surface area (Å²) in [5.74, 6) is -0.910. The highest BCUT2D eigenvalue weighted by atomic mass is 16.5. The lowest BCUT2D eigenvalue weighted by Gasteiger charge is -2.12. The number of nitrogens with one attached hydrogen (secondary N) is 1. The molecule has 0 bridgehead atoms. The predicted molar refractivity (Wildman–Crippen MR) is 118 cm³/mol. The second kappa shape index (κ2) is 10.8. The van der Waals surface area contributed by atoms with Crippen LogP contribution >= 0.6 is 0 Å². The van der Waals surface area contributed by atoms with E-state index in [0.717, 1.165) is 29.1 Å². The second-order valence-electron chi connectivity index (χ2n) is 7.66. The van der Waals surface area contributed by atoms with Gasteiger partial charge in [-0.2, -0.15) is 10.5 Å². The Morgan fingerprint density at radius 2 is 1.87 bits per heavy atom. The van der Waals surface area contributed by atoms with Crippen molar-refractivity contribution in [3.05, 3.63) is 58.4 Å². The lowest BCUT2D eigenvalue weighted by Crippen LogP contribution is -2.21. The van der Waals surface area contributed by atoms with Gasteiger partial charge in [-0.05, 0) is 55.2 Å². The number of anilines is 1. The molecule has 7 nitrogen and oxygen atoms in total. The van der Waals surface area contributed by atoms with Gasteiger partial charge in [0.05, 0.1) is 12.5 Å². The first-order valence-electron chi connectivity index (χ1n) is 9.96. The molecule has 1 amide bonds. The van der Waals surface area contributed by atoms with Crippen LogP contribution in [0.2, 0.25) is 0 Å². The van der Waals surface area contributed by atoms with Crippen molar-refractivity contribution in [2.24, 2.45) is 5.92 Å². The number of nitrogens with zero attached hydrogens (tertiary/aromatic N) is 3. The molecule has 2 aromatic rings. The van der Waals surface area contributed by atoms with Gasteiger partial charge in [-0.15, -0.1) is 0 Å². The molecule has 0 atom stereocenters. The standard InChI is InChI=1S/C24H26N4O3/c1-16(2)14-28-17(3)11-20(18(28)4)12-21(13-26)24(30)31-15-23(29)27-22-7-5-19(6-8-22)9-10-25/h5-8,11-12,16H,9,14-15H2,1-4H3,(H,27,29)/b21-12+. The molecule has 0 saturated heterocycles. The van der Waals surface area contributed by atoms with Gasteiger partial charge < -0.3 is 14.6 Å². The minimum Gasteiger partial charge on any atom is -0.451 e. The Labute approximate surface area is 182 Å². The average molecular weight is 418 g/mol. The maximum absolute atomic E-state index is 12.3. The van der Waals surface area contributed by atoms with E-state index in [1.54, 1.807) is 24.3 Å². The Morgan fingerprint density at radius 1 is 1.19 bits per heavy atom. The molecular weight excluding hydrogens is 392 g/mol. The zero-order valence-corrected chi connectivity index (χ0v) is 18.2. The summed E-state index contributed by atoms with van der Waals surface area (Å²) < 4.78 is 7.16. The molecule has 0 aliphatic carbocycles. The minimum absolute atomic E-state index is 0.168. The fourth-order valence-electron chi connectivity index (χ4n) is 3.12. The predicted octanol–water partition coefficient (Wildman–Crippen LogP) is 3.92. The molecule has 0 aliphatic rings. The van der Waals surface area contributed by atoms with E-state index in [-0.39, 0.29) is 12.0 Å². The lowest BCUT2D eigenvalue weighted by atomic mass is 10.1. The van der Waals surface area contributed by atoms with Crippen molar-refractivity contribution in [3.8, 4) is 12.1 Å². The lowest BCUT2D eigenvalue weighted by molar-refractivity contribution is -0.142. The number of hydrogen-bond donors (Lipinski definition) is 1. The molecule has 31 heavy (non-hydrogen) atoms. The zero-order valence-electron chi connectivity index (χ0n) is 18.2. The van der Waals surface area contributed by atoms with Gasteiger partial charge in [-0.25, -0.2) is 4.79 Å². The summed E-state index contributed by atoms with van der Waals surface area (Å²) >= 11 is 0. The van der Waals surface area contributed by atoms with Crippen LogP contribution in [-0.2, 0) is 27.3 Å². The Bertz CT molecular complexity index is 1060. The monoisotopic (exact) mass is 418 g/mol. The number of amides is 1. The Kier molecular flexibility index (Phi) is 8.16. The molecule has 0 fully saturated rings. The number of nitriles is 2. The molecule has 2 rings (SSSR count). The van der Waals surface area contributed by atoms with E-state index < -0.39 is 18.5 Å². The summed E-state index contributed by atoms with van der Waals surface area (Å²) in [6.07, 6.45) is 1.78. The maximum atomic E-state index is 12.3. The first kappa shape index (κ1) is 23.4. The molecule has 0 radical (unpaired) electrons. The van der Waals surface area contributed by atoms with Gasteiger partial charge in [0.15, 0.2) is 6.61 Å². The fraction of sp³-hybridized carbons (Fsp3) is 0.333. The number of aryl methyl sites for hydroxylation is 1. The molecule has 0 saturated carbocycles. The number of benzene rings is 1. The van der Waals surface area contributed by atoms with E-state index in [4.69, 9.17) is 10.00 Å². The molecule has 0 spiro atoms. The summed E-state index contributed by atoms with van der Waals surface area (Å²) in [6.45, 7) is 8.50. The summed E-state index contributed by atoms with van der Waals surface area (Å²) in [4.78, 5) is 24.4. The van der Waals surface area contributed by atoms with Crippen molar-refractivity contribution >= 4 is 23.6 Å². The van der Waals surface area contributed by atoms with E-state index in [9.17, 15) is 14.9 Å². The SMILES string of the molecule is Cc1cc(/C=C(\C#N)C(=O)OCC(=O)Nc2ccc(CC#N)cc2)c(C)n1CC(C)C. The normalized spacial score (nSPS) is 11.0. The molecule has 7 heteroatoms. The van der Waals surface area contributed by atoms with Crippen LogP contribution in [0.15, 0.2) is 35.9 Å². The third kappa shape index (κ3) is 6.58. The summed E-state index contributed by atoms with van der Waals surface area (Å²) in [5.41, 5.74) is 3.97. The number of carbonyl (C=O) groups excluding carboxylic acids is 2. The zero-order chi connectivity index (χ0) is 23.0. The van der Waals surface area contributed by atoms with Gasteiger partial charge >= 0.3 is 5.97 Å². The van der Waals surface area contributed by atoms with Crippen molar-refractivity contribution < 1.29 is 14.3 Å². The van der Waals surface area contributed by atoms with Crippen LogP contribution in [0.25, 0.3) is 6.08 Å². The Morgan fingerprint density at radius 3 is 2.45 bits per heavy atom. The third-order valence-electron chi connectivity index (χ3n) is 4.66. The minimum atomic E-state index is -0.851. The van der Waals surface area contributed by atoms with Crippen LogP contribution in [-0.4, -0.2) is 23.1 Å². The molecule has 1 heterocycles. The van der Waals surface area contributed by atoms with Gasteiger partial charge in [0.1, 0.15) is 11.6 Å². The molecule has 0 aliphatic heterocycles. The van der Waals surface area contributed by atoms with Crippen molar-refractivity contribution in [1.29, 1.82) is 10.5 Å². The van der Waals surface area contributed by atoms with E-state index in [1.165, 1.54) is 6.08 Å². The number of rotatable bonds is 8. The molecule has 1 aromatic heterocycles. The average Bonchev–Trinajstić information content (AvgIpc) is 2.98. The Balaban J connectivity index is 2.01. The van der Waals surface area contributed by atoms with Gasteiger partial charge in [0, 0.05) is 23.6 Å². The summed E-state index contributed by atoms with van der Waals surface area (Å²) in [5, 5.41) is 20.7. The van der Waals surface area contributed by atoms with E-state index in [0.29, 0.717) is 11.6 Å². The summed E-state index contributed by atoms with van der Waals surface area (Å²) in [7, 11) is 0. The number of hydrogen-bond acceptors (Lipinski definition) is 5. The van der Waals surface area contributed by atoms with E-state index in [2.05, 4.69) is 23.7 Å². The molecule has 0 unspecified atom stereocenters. The van der Waals surface area contributed by atoms with Crippen LogP contribution in [0, 0.1) is 42.4 Å². The molecule has 160 valence electrons. The first-order valence-corrected chi connectivity index (χ1v) is 9.96. The highest BCUT2D eigenvalue weighted by Crippen LogP contribution is 2.20. The number of carbonyl (C=O) groups is 2. The third-order valence-corrected chi connectivity index (χ3v) is 4.66. The van der Waals surface area contributed by atoms with Crippen LogP contribution in [0.5, 0.6) is 0 Å². The molecular formula is C24H26N4O3. The number of ether oxygens (including phenoxy) is 1. The maximum Gasteiger partial charge on any atom is 0.349 e. The van der Waals surface area contributed by atoms with Crippen molar-refractivity contribution in [2.45, 2.75) is 40.7 Å². The highest BCUT2D eigenvalue weighted by Gasteiger charge is 2.16. The van der Waals surface area contributed by atoms with Crippen molar-refractivity contribution in [3.63, 3.8) is 0 Å². The topological polar surface area (TPSA) is 108 Å². The number of aromatic nitrogens is 1. The smallest absolute Gasteiger partial charge is 0.349 e. The van der Waals surface area contributed by atoms with Crippen LogP contribution in [0.4, 0.5) is 5.69 Å². The Hall–Kier alpha value is -3.84. The van der Waals surface area contributed by atoms with Crippen molar-refractivity contribution in [1.82, 2.24) is 4.57 Å². The summed E-state index contributed by atoms with van der Waals surface area (Å²) in [6, 6.07) is 12.6. The largest absolute Gasteiger partial charge is 0.451 e. The molecule has 1 aromatic carbocycles. The van der Waals surface area contributed by atoms with E-state index in [1.807, 2.05) is 32.1 Å². The van der Waals surface area contributed by atoms with Crippen LogP contribution in [0.3, 0.4) is 0 Å². The highest BCUT2D eigenvalue weighted by molar-refractivity contribution is 6.00. The van der Waals surface area contributed by atoms with Gasteiger partial charge in [0.25, 0.3) is 5.91 Å². The molecule has 1 N–H and O–H groups in total. The number of esters is 1. The van der Waals surface area contributed by atoms with E-state index >= 15 is 0 Å². The van der Waals surface area contributed by atoms with Crippen molar-refractivity contribution in [2.75, 3.05) is 11.9 Å². The second-order valence-corrected chi connectivity index (χ2v) is 7.66. The first-order chi connectivity index (χ1) is 14.7. The fourth-order valence-corrected chi connectivity index (χ4v) is 3.12. The quantitative estimate of drug-likeness (QED) is 0.397. The van der Waals surface area contributed by atoms with Gasteiger partial charge in [0.2, 0.25) is 0 Å².